The van der Waals surface area contributed by atoms with Crippen molar-refractivity contribution in [3.8, 4) is 23.0 Å². The molecule has 0 saturated carbocycles. The lowest BCUT2D eigenvalue weighted by Crippen LogP contribution is -2.36. The van der Waals surface area contributed by atoms with Crippen molar-refractivity contribution in [3.63, 3.8) is 0 Å². The summed E-state index contributed by atoms with van der Waals surface area (Å²) in [5, 5.41) is 4.91. The van der Waals surface area contributed by atoms with E-state index in [1.807, 2.05) is 32.0 Å². The summed E-state index contributed by atoms with van der Waals surface area (Å²) in [6.45, 7) is 4.25. The van der Waals surface area contributed by atoms with Gasteiger partial charge in [-0.05, 0) is 79.2 Å². The van der Waals surface area contributed by atoms with E-state index in [4.69, 9.17) is 18.9 Å². The predicted molar refractivity (Wildman–Crippen MR) is 162 cm³/mol. The van der Waals surface area contributed by atoms with Gasteiger partial charge >= 0.3 is 0 Å². The van der Waals surface area contributed by atoms with Crippen LogP contribution in [0.1, 0.15) is 18.1 Å². The van der Waals surface area contributed by atoms with Crippen molar-refractivity contribution >= 4 is 52.2 Å². The van der Waals surface area contributed by atoms with Crippen molar-refractivity contribution in [2.24, 2.45) is 0 Å². The van der Waals surface area contributed by atoms with Gasteiger partial charge in [-0.25, -0.2) is 0 Å². The fourth-order valence-electron chi connectivity index (χ4n) is 4.32. The Bertz CT molecular complexity index is 1610. The Balaban J connectivity index is 1.21. The first kappa shape index (κ1) is 29.5. The van der Waals surface area contributed by atoms with Crippen molar-refractivity contribution in [2.45, 2.75) is 13.8 Å². The predicted octanol–water partition coefficient (Wildman–Crippen LogP) is 4.86. The van der Waals surface area contributed by atoms with E-state index >= 15 is 0 Å². The maximum absolute atomic E-state index is 13.0. The molecule has 0 unspecified atom stereocenters. The molecule has 1 saturated heterocycles. The summed E-state index contributed by atoms with van der Waals surface area (Å²) in [7, 11) is 0. The first-order valence-electron chi connectivity index (χ1n) is 13.5. The van der Waals surface area contributed by atoms with Gasteiger partial charge in [-0.15, -0.1) is 0 Å². The molecule has 2 aliphatic heterocycles. The van der Waals surface area contributed by atoms with Crippen LogP contribution in [0.3, 0.4) is 0 Å². The van der Waals surface area contributed by atoms with Gasteiger partial charge < -0.3 is 29.6 Å². The van der Waals surface area contributed by atoms with E-state index in [1.54, 1.807) is 48.5 Å². The van der Waals surface area contributed by atoms with E-state index in [1.165, 1.54) is 0 Å². The molecular formula is C31H29N3O8S. The van der Waals surface area contributed by atoms with E-state index in [2.05, 4.69) is 10.6 Å². The van der Waals surface area contributed by atoms with Crippen LogP contribution in [0.4, 0.5) is 16.2 Å². The largest absolute Gasteiger partial charge is 0.490 e. The molecule has 3 aromatic rings. The fraction of sp³-hybridized carbons (Fsp3) is 0.226. The number of anilines is 2. The lowest BCUT2D eigenvalue weighted by molar-refractivity contribution is -0.127. The minimum absolute atomic E-state index is 0.158. The first-order valence-corrected chi connectivity index (χ1v) is 14.3. The normalized spacial score (nSPS) is 14.9. The van der Waals surface area contributed by atoms with Crippen LogP contribution in [-0.4, -0.2) is 60.8 Å². The molecule has 2 N–H and O–H groups in total. The molecule has 0 atom stereocenters. The quantitative estimate of drug-likeness (QED) is 0.312. The lowest BCUT2D eigenvalue weighted by Gasteiger charge is -2.19. The molecule has 5 rings (SSSR count). The number of carbonyl (C=O) groups is 4. The monoisotopic (exact) mass is 603 g/mol. The van der Waals surface area contributed by atoms with Gasteiger partial charge in [0.1, 0.15) is 19.8 Å². The first-order chi connectivity index (χ1) is 20.8. The Kier molecular flexibility index (Phi) is 9.16. The highest BCUT2D eigenvalue weighted by Crippen LogP contribution is 2.35. The lowest BCUT2D eigenvalue weighted by atomic mass is 10.2. The molecule has 0 aliphatic carbocycles. The third kappa shape index (κ3) is 7.46. The van der Waals surface area contributed by atoms with Crippen molar-refractivity contribution in [1.29, 1.82) is 0 Å². The minimum atomic E-state index is -0.585. The van der Waals surface area contributed by atoms with Gasteiger partial charge in [0.05, 0.1) is 11.5 Å². The number of ether oxygens (including phenoxy) is 4. The van der Waals surface area contributed by atoms with Gasteiger partial charge in [0.25, 0.3) is 17.1 Å². The maximum atomic E-state index is 13.0. The molecule has 4 amide bonds. The van der Waals surface area contributed by atoms with E-state index in [0.29, 0.717) is 59.8 Å². The number of amides is 4. The zero-order chi connectivity index (χ0) is 30.3. The van der Waals surface area contributed by atoms with Crippen LogP contribution in [0.15, 0.2) is 65.6 Å². The van der Waals surface area contributed by atoms with Crippen molar-refractivity contribution in [1.82, 2.24) is 4.90 Å². The van der Waals surface area contributed by atoms with Crippen LogP contribution in [0.25, 0.3) is 6.08 Å². The van der Waals surface area contributed by atoms with Gasteiger partial charge in [0, 0.05) is 17.4 Å². The highest BCUT2D eigenvalue weighted by atomic mass is 32.2. The fourth-order valence-corrected chi connectivity index (χ4v) is 5.16. The SMILES string of the molecule is CCOc1cc(/C=C2/SC(=O)N(CC(=O)Nc3ccc4c(c3)OCCO4)C2=O)ccc1OCC(=O)Nc1cccc(C)c1. The molecule has 0 spiro atoms. The summed E-state index contributed by atoms with van der Waals surface area (Å²) >= 11 is 0.740. The molecule has 11 nitrogen and oxygen atoms in total. The molecule has 3 aromatic carbocycles. The number of hydrogen-bond acceptors (Lipinski definition) is 9. The van der Waals surface area contributed by atoms with Crippen LogP contribution >= 0.6 is 11.8 Å². The number of thioether (sulfide) groups is 1. The van der Waals surface area contributed by atoms with E-state index in [0.717, 1.165) is 22.2 Å². The molecule has 2 heterocycles. The Hall–Kier alpha value is -4.97. The number of imide groups is 1. The number of fused-ring (bicyclic) bond motifs is 1. The maximum Gasteiger partial charge on any atom is 0.294 e. The topological polar surface area (TPSA) is 133 Å². The second kappa shape index (κ2) is 13.3. The molecule has 1 fully saturated rings. The summed E-state index contributed by atoms with van der Waals surface area (Å²) in [4.78, 5) is 51.7. The average Bonchev–Trinajstić information content (AvgIpc) is 3.24. The molecule has 0 aromatic heterocycles. The Morgan fingerprint density at radius 2 is 1.67 bits per heavy atom. The highest BCUT2D eigenvalue weighted by Gasteiger charge is 2.36. The van der Waals surface area contributed by atoms with E-state index in [-0.39, 0.29) is 17.4 Å². The Morgan fingerprint density at radius 3 is 2.47 bits per heavy atom. The summed E-state index contributed by atoms with van der Waals surface area (Å²) in [5.41, 5.74) is 2.72. The average molecular weight is 604 g/mol. The third-order valence-electron chi connectivity index (χ3n) is 6.23. The van der Waals surface area contributed by atoms with Crippen LogP contribution < -0.4 is 29.6 Å². The molecule has 0 radical (unpaired) electrons. The number of rotatable bonds is 10. The van der Waals surface area contributed by atoms with E-state index < -0.39 is 23.6 Å². The molecule has 43 heavy (non-hydrogen) atoms. The van der Waals surface area contributed by atoms with Crippen molar-refractivity contribution in [2.75, 3.05) is 43.6 Å². The Morgan fingerprint density at radius 1 is 0.907 bits per heavy atom. The second-order valence-electron chi connectivity index (χ2n) is 9.52. The highest BCUT2D eigenvalue weighted by molar-refractivity contribution is 8.18. The number of benzene rings is 3. The number of aryl methyl sites for hydroxylation is 1. The standard InChI is InChI=1S/C31H29N3O8S/c1-3-39-25-14-20(7-9-24(25)42-18-29(36)33-21-6-4-5-19(2)13-21)15-27-30(37)34(31(38)43-27)17-28(35)32-22-8-10-23-26(16-22)41-12-11-40-23/h4-10,13-16H,3,11-12,17-18H2,1-2H3,(H,32,35)(H,33,36)/b27-15+. The van der Waals surface area contributed by atoms with Crippen LogP contribution in [0.5, 0.6) is 23.0 Å². The Labute approximate surface area is 252 Å². The van der Waals surface area contributed by atoms with Crippen molar-refractivity contribution < 1.29 is 38.1 Å². The van der Waals surface area contributed by atoms with Crippen LogP contribution in [-0.2, 0) is 14.4 Å². The zero-order valence-electron chi connectivity index (χ0n) is 23.5. The molecule has 12 heteroatoms. The number of hydrogen-bond donors (Lipinski definition) is 2. The van der Waals surface area contributed by atoms with Gasteiger partial charge in [-0.1, -0.05) is 18.2 Å². The number of carbonyl (C=O) groups excluding carboxylic acids is 4. The summed E-state index contributed by atoms with van der Waals surface area (Å²) in [5.74, 6) is 0.358. The van der Waals surface area contributed by atoms with Crippen LogP contribution in [0, 0.1) is 6.92 Å². The zero-order valence-corrected chi connectivity index (χ0v) is 24.3. The van der Waals surface area contributed by atoms with Gasteiger partial charge in [-0.2, -0.15) is 0 Å². The molecule has 0 bridgehead atoms. The van der Waals surface area contributed by atoms with Gasteiger partial charge in [0.15, 0.2) is 29.6 Å². The van der Waals surface area contributed by atoms with Gasteiger partial charge in [0.2, 0.25) is 5.91 Å². The summed E-state index contributed by atoms with van der Waals surface area (Å²) in [6.07, 6.45) is 1.54. The van der Waals surface area contributed by atoms with Crippen LogP contribution in [0.2, 0.25) is 0 Å². The third-order valence-corrected chi connectivity index (χ3v) is 7.13. The number of nitrogens with zero attached hydrogens (tertiary/aromatic N) is 1. The molecule has 222 valence electrons. The van der Waals surface area contributed by atoms with E-state index in [9.17, 15) is 19.2 Å². The smallest absolute Gasteiger partial charge is 0.294 e. The number of nitrogens with one attached hydrogen (secondary N) is 2. The second-order valence-corrected chi connectivity index (χ2v) is 10.5. The summed E-state index contributed by atoms with van der Waals surface area (Å²) < 4.78 is 22.4. The van der Waals surface area contributed by atoms with Gasteiger partial charge in [-0.3, -0.25) is 24.1 Å². The minimum Gasteiger partial charge on any atom is -0.490 e. The summed E-state index contributed by atoms with van der Waals surface area (Å²) in [6, 6.07) is 17.3. The molecule has 2 aliphatic rings. The van der Waals surface area contributed by atoms with Crippen molar-refractivity contribution in [3.05, 3.63) is 76.7 Å². The molecular weight excluding hydrogens is 574 g/mol.